The van der Waals surface area contributed by atoms with E-state index in [2.05, 4.69) is 31.4 Å². The number of nitrogens with zero attached hydrogens (tertiary/aromatic N) is 2. The highest BCUT2D eigenvalue weighted by Gasteiger charge is 2.16. The number of aryl methyl sites for hydroxylation is 2. The molecule has 0 saturated heterocycles. The van der Waals surface area contributed by atoms with Crippen LogP contribution in [0.3, 0.4) is 0 Å². The molecular weight excluding hydrogens is 356 g/mol. The molecule has 0 unspecified atom stereocenters. The largest absolute Gasteiger partial charge is 0.409 e. The molecule has 2 rings (SSSR count). The van der Waals surface area contributed by atoms with Gasteiger partial charge in [-0.1, -0.05) is 21.1 Å². The summed E-state index contributed by atoms with van der Waals surface area (Å²) in [7, 11) is 0. The SMILES string of the molecule is Cc1nc(C)c(C(=O)Nc2cc(Br)ccc2/C(N)=N/O)s1. The third kappa shape index (κ3) is 3.40. The van der Waals surface area contributed by atoms with E-state index in [-0.39, 0.29) is 11.7 Å². The maximum atomic E-state index is 12.3. The van der Waals surface area contributed by atoms with E-state index < -0.39 is 0 Å². The van der Waals surface area contributed by atoms with Crippen LogP contribution in [0.1, 0.15) is 25.9 Å². The molecular formula is C13H13BrN4O2S. The lowest BCUT2D eigenvalue weighted by Gasteiger charge is -2.10. The molecule has 0 aliphatic heterocycles. The minimum atomic E-state index is -0.275. The molecule has 0 aliphatic rings. The molecule has 1 aromatic carbocycles. The van der Waals surface area contributed by atoms with Gasteiger partial charge in [0.1, 0.15) is 4.88 Å². The van der Waals surface area contributed by atoms with Gasteiger partial charge < -0.3 is 16.3 Å². The van der Waals surface area contributed by atoms with E-state index in [0.29, 0.717) is 21.8 Å². The summed E-state index contributed by atoms with van der Waals surface area (Å²) in [6.45, 7) is 3.62. The van der Waals surface area contributed by atoms with Crippen LogP contribution in [0.25, 0.3) is 0 Å². The molecule has 0 radical (unpaired) electrons. The minimum Gasteiger partial charge on any atom is -0.409 e. The van der Waals surface area contributed by atoms with Crippen molar-refractivity contribution in [1.82, 2.24) is 4.98 Å². The molecule has 0 fully saturated rings. The van der Waals surface area contributed by atoms with Gasteiger partial charge in [0.15, 0.2) is 5.84 Å². The van der Waals surface area contributed by atoms with E-state index in [1.807, 2.05) is 6.92 Å². The van der Waals surface area contributed by atoms with Gasteiger partial charge in [0, 0.05) is 10.0 Å². The number of nitrogens with one attached hydrogen (secondary N) is 1. The van der Waals surface area contributed by atoms with Gasteiger partial charge in [-0.05, 0) is 32.0 Å². The van der Waals surface area contributed by atoms with Crippen LogP contribution in [0.15, 0.2) is 27.8 Å². The second-order valence-corrected chi connectivity index (χ2v) is 6.40. The van der Waals surface area contributed by atoms with Crippen LogP contribution < -0.4 is 11.1 Å². The van der Waals surface area contributed by atoms with Crippen molar-refractivity contribution in [3.05, 3.63) is 43.8 Å². The Morgan fingerprint density at radius 2 is 2.19 bits per heavy atom. The lowest BCUT2D eigenvalue weighted by molar-refractivity contribution is 0.103. The number of carbonyl (C=O) groups excluding carboxylic acids is 1. The second-order valence-electron chi connectivity index (χ2n) is 4.28. The Labute approximate surface area is 133 Å². The Hall–Kier alpha value is -1.93. The lowest BCUT2D eigenvalue weighted by Crippen LogP contribution is -2.19. The van der Waals surface area contributed by atoms with Gasteiger partial charge in [-0.2, -0.15) is 0 Å². The summed E-state index contributed by atoms with van der Waals surface area (Å²) in [5.74, 6) is -0.349. The number of amidine groups is 1. The maximum Gasteiger partial charge on any atom is 0.267 e. The van der Waals surface area contributed by atoms with Gasteiger partial charge in [0.2, 0.25) is 0 Å². The quantitative estimate of drug-likeness (QED) is 0.335. The molecule has 110 valence electrons. The number of aromatic nitrogens is 1. The van der Waals surface area contributed by atoms with Gasteiger partial charge in [0.25, 0.3) is 5.91 Å². The number of hydrogen-bond donors (Lipinski definition) is 3. The first-order chi connectivity index (χ1) is 9.92. The van der Waals surface area contributed by atoms with Crippen molar-refractivity contribution < 1.29 is 10.0 Å². The van der Waals surface area contributed by atoms with E-state index in [1.165, 1.54) is 11.3 Å². The van der Waals surface area contributed by atoms with Crippen LogP contribution >= 0.6 is 27.3 Å². The molecule has 8 heteroatoms. The number of anilines is 1. The zero-order valence-electron chi connectivity index (χ0n) is 11.3. The first kappa shape index (κ1) is 15.5. The topological polar surface area (TPSA) is 101 Å². The molecule has 6 nitrogen and oxygen atoms in total. The molecule has 1 heterocycles. The Morgan fingerprint density at radius 1 is 1.48 bits per heavy atom. The van der Waals surface area contributed by atoms with Crippen LogP contribution in [-0.2, 0) is 0 Å². The molecule has 4 N–H and O–H groups in total. The normalized spacial score (nSPS) is 11.5. The van der Waals surface area contributed by atoms with Crippen LogP contribution in [0.2, 0.25) is 0 Å². The van der Waals surface area contributed by atoms with Gasteiger partial charge in [-0.15, -0.1) is 11.3 Å². The van der Waals surface area contributed by atoms with Crippen molar-refractivity contribution in [2.24, 2.45) is 10.9 Å². The van der Waals surface area contributed by atoms with Crippen molar-refractivity contribution in [2.45, 2.75) is 13.8 Å². The standard InChI is InChI=1S/C13H13BrN4O2S/c1-6-11(21-7(2)16-6)13(19)17-10-5-8(14)3-4-9(10)12(15)18-20/h3-5,20H,1-2H3,(H2,15,18)(H,17,19). The summed E-state index contributed by atoms with van der Waals surface area (Å²) >= 11 is 4.65. The highest BCUT2D eigenvalue weighted by molar-refractivity contribution is 9.10. The summed E-state index contributed by atoms with van der Waals surface area (Å²) in [5.41, 5.74) is 7.19. The van der Waals surface area contributed by atoms with Gasteiger partial charge in [0.05, 0.1) is 16.4 Å². The Kier molecular flexibility index (Phi) is 4.59. The number of oxime groups is 1. The van der Waals surface area contributed by atoms with Crippen LogP contribution in [-0.4, -0.2) is 21.9 Å². The number of halogens is 1. The van der Waals surface area contributed by atoms with Crippen molar-refractivity contribution in [2.75, 3.05) is 5.32 Å². The van der Waals surface area contributed by atoms with E-state index in [0.717, 1.165) is 9.48 Å². The molecule has 21 heavy (non-hydrogen) atoms. The fourth-order valence-corrected chi connectivity index (χ4v) is 2.99. The zero-order valence-corrected chi connectivity index (χ0v) is 13.7. The summed E-state index contributed by atoms with van der Waals surface area (Å²) in [5, 5.41) is 15.4. The fourth-order valence-electron chi connectivity index (χ4n) is 1.82. The third-order valence-corrected chi connectivity index (χ3v) is 4.29. The Morgan fingerprint density at radius 3 is 2.76 bits per heavy atom. The van der Waals surface area contributed by atoms with E-state index >= 15 is 0 Å². The Balaban J connectivity index is 2.37. The first-order valence-electron chi connectivity index (χ1n) is 5.95. The third-order valence-electron chi connectivity index (χ3n) is 2.72. The highest BCUT2D eigenvalue weighted by Crippen LogP contribution is 2.24. The second kappa shape index (κ2) is 6.23. The molecule has 1 amide bonds. The minimum absolute atomic E-state index is 0.0741. The monoisotopic (exact) mass is 368 g/mol. The zero-order chi connectivity index (χ0) is 15.6. The number of nitrogens with two attached hydrogens (primary N) is 1. The average Bonchev–Trinajstić information content (AvgIpc) is 2.77. The molecule has 2 aromatic rings. The lowest BCUT2D eigenvalue weighted by atomic mass is 10.1. The van der Waals surface area contributed by atoms with Crippen molar-refractivity contribution in [1.29, 1.82) is 0 Å². The number of carbonyl (C=O) groups is 1. The summed E-state index contributed by atoms with van der Waals surface area (Å²) in [6, 6.07) is 5.08. The van der Waals surface area contributed by atoms with Crippen molar-refractivity contribution in [3.8, 4) is 0 Å². The van der Waals surface area contributed by atoms with E-state index in [1.54, 1.807) is 25.1 Å². The van der Waals surface area contributed by atoms with E-state index in [9.17, 15) is 4.79 Å². The maximum absolute atomic E-state index is 12.3. The highest BCUT2D eigenvalue weighted by atomic mass is 79.9. The van der Waals surface area contributed by atoms with Gasteiger partial charge >= 0.3 is 0 Å². The van der Waals surface area contributed by atoms with Crippen LogP contribution in [0, 0.1) is 13.8 Å². The van der Waals surface area contributed by atoms with Gasteiger partial charge in [-0.3, -0.25) is 4.79 Å². The summed E-state index contributed by atoms with van der Waals surface area (Å²) in [6.07, 6.45) is 0. The van der Waals surface area contributed by atoms with Crippen LogP contribution in [0.4, 0.5) is 5.69 Å². The molecule has 0 saturated carbocycles. The molecule has 0 spiro atoms. The Bertz CT molecular complexity index is 727. The average molecular weight is 369 g/mol. The van der Waals surface area contributed by atoms with Crippen molar-refractivity contribution >= 4 is 44.7 Å². The number of hydrogen-bond acceptors (Lipinski definition) is 5. The summed E-state index contributed by atoms with van der Waals surface area (Å²) < 4.78 is 0.768. The molecule has 1 aromatic heterocycles. The number of thiazole rings is 1. The first-order valence-corrected chi connectivity index (χ1v) is 7.56. The number of rotatable bonds is 3. The predicted molar refractivity (Wildman–Crippen MR) is 86.2 cm³/mol. The fraction of sp³-hybridized carbons (Fsp3) is 0.154. The number of amides is 1. The van der Waals surface area contributed by atoms with Crippen molar-refractivity contribution in [3.63, 3.8) is 0 Å². The van der Waals surface area contributed by atoms with E-state index in [4.69, 9.17) is 10.9 Å². The molecule has 0 bridgehead atoms. The predicted octanol–water partition coefficient (Wildman–Crippen LogP) is 2.87. The van der Waals surface area contributed by atoms with Gasteiger partial charge in [-0.25, -0.2) is 4.98 Å². The molecule has 0 atom stereocenters. The summed E-state index contributed by atoms with van der Waals surface area (Å²) in [4.78, 5) is 17.1. The molecule has 0 aliphatic carbocycles. The smallest absolute Gasteiger partial charge is 0.267 e. The number of benzene rings is 1. The van der Waals surface area contributed by atoms with Crippen LogP contribution in [0.5, 0.6) is 0 Å².